The third-order valence-corrected chi connectivity index (χ3v) is 8.92. The van der Waals surface area contributed by atoms with Gasteiger partial charge in [0.2, 0.25) is 0 Å². The average molecular weight is 392 g/mol. The molecule has 3 heterocycles. The third kappa shape index (κ3) is 3.24. The molecule has 2 aliphatic carbocycles. The first-order chi connectivity index (χ1) is 14.3. The standard InChI is InChI=1S/C26H37N3/c1-18-27-25-11-4-5-12-26(25)28(18)24-16-21-9-6-10-22(17-24)29(21)23-14-19-7-2-3-8-20(13-19)15-23/h4-5,11-12,19-24H,2-3,6-10,13-17H2,1H3/t19-,20+,21-,22+,23?,24?. The summed E-state index contributed by atoms with van der Waals surface area (Å²) in [5.41, 5.74) is 2.53. The highest BCUT2D eigenvalue weighted by Crippen LogP contribution is 2.47. The lowest BCUT2D eigenvalue weighted by molar-refractivity contribution is -0.0419. The quantitative estimate of drug-likeness (QED) is 0.602. The predicted molar refractivity (Wildman–Crippen MR) is 119 cm³/mol. The van der Waals surface area contributed by atoms with Gasteiger partial charge in [-0.1, -0.05) is 44.2 Å². The largest absolute Gasteiger partial charge is 0.325 e. The maximum absolute atomic E-state index is 4.89. The van der Waals surface area contributed by atoms with Gasteiger partial charge in [0.15, 0.2) is 0 Å². The van der Waals surface area contributed by atoms with Crippen molar-refractivity contribution in [1.29, 1.82) is 0 Å². The molecule has 2 unspecified atom stereocenters. The van der Waals surface area contributed by atoms with Gasteiger partial charge in [0, 0.05) is 24.2 Å². The van der Waals surface area contributed by atoms with E-state index in [-0.39, 0.29) is 0 Å². The van der Waals surface area contributed by atoms with Crippen LogP contribution < -0.4 is 0 Å². The predicted octanol–water partition coefficient (Wildman–Crippen LogP) is 6.26. The number of benzene rings is 1. The SMILES string of the molecule is Cc1nc2ccccc2n1C1C[C@H]2CCC[C@@H](C1)N2C1C[C@H]2CCCC[C@@H](C1)C2. The molecule has 1 aromatic heterocycles. The first kappa shape index (κ1) is 18.4. The van der Waals surface area contributed by atoms with Crippen molar-refractivity contribution in [3.8, 4) is 0 Å². The van der Waals surface area contributed by atoms with Crippen molar-refractivity contribution in [2.75, 3.05) is 0 Å². The molecule has 4 aliphatic rings. The van der Waals surface area contributed by atoms with Gasteiger partial charge in [-0.15, -0.1) is 0 Å². The Hall–Kier alpha value is -1.35. The van der Waals surface area contributed by atoms with Crippen molar-refractivity contribution in [2.45, 2.75) is 108 Å². The Bertz CT molecular complexity index is 842. The van der Waals surface area contributed by atoms with Crippen molar-refractivity contribution in [1.82, 2.24) is 14.5 Å². The second kappa shape index (κ2) is 7.41. The number of hydrogen-bond acceptors (Lipinski definition) is 2. The molecule has 156 valence electrons. The minimum absolute atomic E-state index is 0.639. The Balaban J connectivity index is 1.27. The highest BCUT2D eigenvalue weighted by Gasteiger charge is 2.45. The molecule has 2 saturated heterocycles. The lowest BCUT2D eigenvalue weighted by Gasteiger charge is -2.54. The first-order valence-corrected chi connectivity index (χ1v) is 12.5. The zero-order valence-corrected chi connectivity index (χ0v) is 18.1. The van der Waals surface area contributed by atoms with Crippen LogP contribution in [0.3, 0.4) is 0 Å². The Morgan fingerprint density at radius 3 is 2.14 bits per heavy atom. The van der Waals surface area contributed by atoms with Crippen LogP contribution in [0.1, 0.15) is 88.9 Å². The van der Waals surface area contributed by atoms with Crippen LogP contribution in [0, 0.1) is 18.8 Å². The van der Waals surface area contributed by atoms with Crippen molar-refractivity contribution in [3.63, 3.8) is 0 Å². The van der Waals surface area contributed by atoms with Gasteiger partial charge in [-0.3, -0.25) is 4.90 Å². The molecule has 3 nitrogen and oxygen atoms in total. The monoisotopic (exact) mass is 391 g/mol. The number of para-hydroxylation sites is 2. The van der Waals surface area contributed by atoms with Crippen LogP contribution in [0.15, 0.2) is 24.3 Å². The minimum Gasteiger partial charge on any atom is -0.325 e. The van der Waals surface area contributed by atoms with Gasteiger partial charge in [-0.25, -0.2) is 4.98 Å². The summed E-state index contributed by atoms with van der Waals surface area (Å²) < 4.78 is 2.60. The van der Waals surface area contributed by atoms with Gasteiger partial charge < -0.3 is 4.57 Å². The van der Waals surface area contributed by atoms with Gasteiger partial charge >= 0.3 is 0 Å². The third-order valence-electron chi connectivity index (χ3n) is 8.92. The van der Waals surface area contributed by atoms with E-state index in [4.69, 9.17) is 4.98 Å². The van der Waals surface area contributed by atoms with Gasteiger partial charge in [-0.05, 0) is 75.8 Å². The highest BCUT2D eigenvalue weighted by molar-refractivity contribution is 5.76. The number of aromatic nitrogens is 2. The molecule has 1 aromatic carbocycles. The number of imidazole rings is 1. The van der Waals surface area contributed by atoms with Gasteiger partial charge in [0.05, 0.1) is 11.0 Å². The molecule has 4 bridgehead atoms. The fraction of sp³-hybridized carbons (Fsp3) is 0.731. The highest BCUT2D eigenvalue weighted by atomic mass is 15.3. The van der Waals surface area contributed by atoms with Crippen LogP contribution in [0.2, 0.25) is 0 Å². The average Bonchev–Trinajstić information content (AvgIpc) is 2.96. The summed E-state index contributed by atoms with van der Waals surface area (Å²) in [4.78, 5) is 7.97. The van der Waals surface area contributed by atoms with Gasteiger partial charge in [0.1, 0.15) is 5.82 Å². The van der Waals surface area contributed by atoms with Gasteiger partial charge in [0.25, 0.3) is 0 Å². The molecule has 6 rings (SSSR count). The van der Waals surface area contributed by atoms with E-state index in [1.807, 2.05) is 0 Å². The smallest absolute Gasteiger partial charge is 0.106 e. The molecular weight excluding hydrogens is 354 g/mol. The number of nitrogens with zero attached hydrogens (tertiary/aromatic N) is 3. The zero-order valence-electron chi connectivity index (χ0n) is 18.1. The summed E-state index contributed by atoms with van der Waals surface area (Å²) in [6, 6.07) is 11.9. The number of fused-ring (bicyclic) bond motifs is 5. The summed E-state index contributed by atoms with van der Waals surface area (Å²) in [5.74, 6) is 3.27. The maximum atomic E-state index is 4.89. The molecule has 2 aromatic rings. The van der Waals surface area contributed by atoms with E-state index in [1.165, 1.54) is 87.5 Å². The van der Waals surface area contributed by atoms with Crippen molar-refractivity contribution < 1.29 is 0 Å². The Kier molecular flexibility index (Phi) is 4.71. The fourth-order valence-corrected chi connectivity index (χ4v) is 7.93. The van der Waals surface area contributed by atoms with E-state index >= 15 is 0 Å². The zero-order chi connectivity index (χ0) is 19.4. The topological polar surface area (TPSA) is 21.1 Å². The number of aryl methyl sites for hydroxylation is 1. The van der Waals surface area contributed by atoms with Crippen molar-refractivity contribution in [2.24, 2.45) is 11.8 Å². The van der Waals surface area contributed by atoms with E-state index in [9.17, 15) is 0 Å². The lowest BCUT2D eigenvalue weighted by atomic mass is 9.73. The molecule has 3 heteroatoms. The number of piperidine rings is 2. The summed E-state index contributed by atoms with van der Waals surface area (Å²) in [5, 5.41) is 0. The van der Waals surface area contributed by atoms with E-state index < -0.39 is 0 Å². The second-order valence-electron chi connectivity index (χ2n) is 10.7. The van der Waals surface area contributed by atoms with Crippen LogP contribution in [0.4, 0.5) is 0 Å². The summed E-state index contributed by atoms with van der Waals surface area (Å²) in [6.07, 6.45) is 17.5. The second-order valence-corrected chi connectivity index (χ2v) is 10.7. The number of rotatable bonds is 2. The molecule has 0 N–H and O–H groups in total. The molecule has 0 radical (unpaired) electrons. The molecule has 29 heavy (non-hydrogen) atoms. The van der Waals surface area contributed by atoms with Crippen molar-refractivity contribution >= 4 is 11.0 Å². The maximum Gasteiger partial charge on any atom is 0.106 e. The molecule has 0 spiro atoms. The van der Waals surface area contributed by atoms with Crippen LogP contribution in [-0.2, 0) is 0 Å². The molecule has 2 aliphatic heterocycles. The molecule has 4 fully saturated rings. The van der Waals surface area contributed by atoms with Crippen LogP contribution >= 0.6 is 0 Å². The number of hydrogen-bond donors (Lipinski definition) is 0. The fourth-order valence-electron chi connectivity index (χ4n) is 7.93. The normalized spacial score (nSPS) is 38.1. The Labute approximate surface area is 175 Å². The molecule has 2 saturated carbocycles. The Morgan fingerprint density at radius 2 is 1.41 bits per heavy atom. The molecular formula is C26H37N3. The lowest BCUT2D eigenvalue weighted by Crippen LogP contribution is -2.58. The molecule has 6 atom stereocenters. The van der Waals surface area contributed by atoms with E-state index in [2.05, 4.69) is 40.7 Å². The van der Waals surface area contributed by atoms with Crippen LogP contribution in [0.5, 0.6) is 0 Å². The van der Waals surface area contributed by atoms with Crippen LogP contribution in [0.25, 0.3) is 11.0 Å². The summed E-state index contributed by atoms with van der Waals surface area (Å²) in [7, 11) is 0. The molecule has 0 amide bonds. The van der Waals surface area contributed by atoms with Gasteiger partial charge in [-0.2, -0.15) is 0 Å². The van der Waals surface area contributed by atoms with Crippen LogP contribution in [-0.4, -0.2) is 32.6 Å². The first-order valence-electron chi connectivity index (χ1n) is 12.5. The minimum atomic E-state index is 0.639. The van der Waals surface area contributed by atoms with E-state index in [0.717, 1.165) is 30.0 Å². The van der Waals surface area contributed by atoms with E-state index in [0.29, 0.717) is 6.04 Å². The summed E-state index contributed by atoms with van der Waals surface area (Å²) >= 11 is 0. The van der Waals surface area contributed by atoms with E-state index in [1.54, 1.807) is 6.42 Å². The summed E-state index contributed by atoms with van der Waals surface area (Å²) in [6.45, 7) is 2.22. The van der Waals surface area contributed by atoms with Crippen molar-refractivity contribution in [3.05, 3.63) is 30.1 Å². The Morgan fingerprint density at radius 1 is 0.724 bits per heavy atom.